The van der Waals surface area contributed by atoms with Crippen molar-refractivity contribution in [2.24, 2.45) is 16.2 Å². The predicted octanol–water partition coefficient (Wildman–Crippen LogP) is 7.52. The number of rotatable bonds is 21. The first-order valence-electron chi connectivity index (χ1n) is 20.8. The van der Waals surface area contributed by atoms with Crippen molar-refractivity contribution in [3.63, 3.8) is 0 Å². The van der Waals surface area contributed by atoms with Gasteiger partial charge in [0.1, 0.15) is 30.8 Å². The summed E-state index contributed by atoms with van der Waals surface area (Å²) in [5.41, 5.74) is -0.204. The molecule has 3 aromatic rings. The number of Topliss-reactive ketones (excluding diaryl/α,β-unsaturated/α-hetero) is 1. The van der Waals surface area contributed by atoms with Gasteiger partial charge in [-0.1, -0.05) is 66.7 Å². The van der Waals surface area contributed by atoms with Crippen LogP contribution in [0.2, 0.25) is 0 Å². The molecule has 2 heterocycles. The van der Waals surface area contributed by atoms with E-state index in [1.807, 2.05) is 71.0 Å². The molecule has 0 aliphatic carbocycles. The Kier molecular flexibility index (Phi) is 16.7. The molecule has 1 aliphatic rings. The molecule has 0 radical (unpaired) electrons. The molecule has 2 unspecified atom stereocenters. The number of carbonyl (C=O) groups excluding carboxylic acids is 5. The third kappa shape index (κ3) is 13.0. The molecule has 0 saturated carbocycles. The number of esters is 1. The van der Waals surface area contributed by atoms with Crippen LogP contribution in [-0.4, -0.2) is 90.7 Å². The van der Waals surface area contributed by atoms with E-state index in [0.717, 1.165) is 12.0 Å². The number of aryl methyl sites for hydroxylation is 1. The van der Waals surface area contributed by atoms with Gasteiger partial charge in [-0.2, -0.15) is 0 Å². The minimum atomic E-state index is -0.880. The van der Waals surface area contributed by atoms with Crippen LogP contribution in [0.4, 0.5) is 4.79 Å². The van der Waals surface area contributed by atoms with Crippen LogP contribution in [0.5, 0.6) is 17.2 Å². The number of piperidine rings is 1. The number of nitrogens with zero attached hydrogens (tertiary/aromatic N) is 3. The number of carbonyl (C=O) groups is 5. The molecule has 1 fully saturated rings. The average molecular weight is 833 g/mol. The number of nitrogens with one attached hydrogen (secondary N) is 1. The standard InChI is InChI=1S/C46H64N4O10/c1-10-45(4,5)39(51)40(52)50-24-12-11-16-35(50)41(53)60-36(19-17-32-18-20-37(56-8)38(28-32)57-9)33-14-13-15-34(29-33)58-27-23-48-42(54)46(6,7)30-44(2,3)21-26-59-43(55)49-25-22-47-31-49/h13-15,18,20,22,25,28-29,31,35-36H,10-12,16-17,19,21,23-24,26-27,30H2,1-9H3,(H,48,54). The van der Waals surface area contributed by atoms with E-state index in [4.69, 9.17) is 23.7 Å². The summed E-state index contributed by atoms with van der Waals surface area (Å²) in [5, 5.41) is 2.99. The molecule has 1 aromatic heterocycles. The van der Waals surface area contributed by atoms with E-state index in [-0.39, 0.29) is 31.1 Å². The second-order valence-electron chi connectivity index (χ2n) is 17.5. The largest absolute Gasteiger partial charge is 0.493 e. The van der Waals surface area contributed by atoms with Gasteiger partial charge in [0, 0.05) is 29.8 Å². The van der Waals surface area contributed by atoms with Crippen LogP contribution < -0.4 is 19.5 Å². The van der Waals surface area contributed by atoms with Gasteiger partial charge in [-0.05, 0) is 92.2 Å². The highest BCUT2D eigenvalue weighted by Gasteiger charge is 2.41. The van der Waals surface area contributed by atoms with E-state index in [1.165, 1.54) is 28.2 Å². The first-order valence-corrected chi connectivity index (χ1v) is 20.8. The maximum Gasteiger partial charge on any atom is 0.419 e. The summed E-state index contributed by atoms with van der Waals surface area (Å²) in [6, 6.07) is 12.1. The molecule has 0 spiro atoms. The SMILES string of the molecule is CCC(C)(C)C(=O)C(=O)N1CCCCC1C(=O)OC(CCc1ccc(OC)c(OC)c1)c1cccc(OCCNC(=O)C(C)(C)CC(C)(C)CCOC(=O)n2ccnc2)c1. The number of imidazole rings is 1. The van der Waals surface area contributed by atoms with Crippen LogP contribution in [0.15, 0.2) is 61.2 Å². The van der Waals surface area contributed by atoms with Crippen molar-refractivity contribution in [3.8, 4) is 17.2 Å². The third-order valence-corrected chi connectivity index (χ3v) is 11.3. The first-order chi connectivity index (χ1) is 28.4. The molecular weight excluding hydrogens is 769 g/mol. The van der Waals surface area contributed by atoms with Gasteiger partial charge in [-0.25, -0.2) is 19.1 Å². The van der Waals surface area contributed by atoms with Gasteiger partial charge in [0.25, 0.3) is 5.91 Å². The summed E-state index contributed by atoms with van der Waals surface area (Å²) < 4.78 is 29.9. The number of hydrogen-bond donors (Lipinski definition) is 1. The van der Waals surface area contributed by atoms with Crippen molar-refractivity contribution in [2.45, 2.75) is 112 Å². The lowest BCUT2D eigenvalue weighted by Crippen LogP contribution is -2.53. The lowest BCUT2D eigenvalue weighted by molar-refractivity contribution is -0.164. The Balaban J connectivity index is 1.41. The molecule has 14 nitrogen and oxygen atoms in total. The highest BCUT2D eigenvalue weighted by atomic mass is 16.6. The zero-order chi connectivity index (χ0) is 44.1. The highest BCUT2D eigenvalue weighted by molar-refractivity contribution is 6.38. The average Bonchev–Trinajstić information content (AvgIpc) is 3.78. The van der Waals surface area contributed by atoms with Crippen molar-refractivity contribution < 1.29 is 47.7 Å². The van der Waals surface area contributed by atoms with Gasteiger partial charge in [0.15, 0.2) is 11.5 Å². The second-order valence-corrected chi connectivity index (χ2v) is 17.5. The number of amides is 2. The molecule has 2 atom stereocenters. The summed E-state index contributed by atoms with van der Waals surface area (Å²) in [7, 11) is 3.15. The van der Waals surface area contributed by atoms with Crippen LogP contribution in [-0.2, 0) is 35.1 Å². The van der Waals surface area contributed by atoms with Crippen LogP contribution in [0, 0.1) is 16.2 Å². The Morgan fingerprint density at radius 3 is 2.35 bits per heavy atom. The van der Waals surface area contributed by atoms with E-state index < -0.39 is 46.7 Å². The normalized spacial score (nSPS) is 15.1. The number of ketones is 1. The fourth-order valence-corrected chi connectivity index (χ4v) is 7.45. The monoisotopic (exact) mass is 832 g/mol. The lowest BCUT2D eigenvalue weighted by atomic mass is 9.73. The van der Waals surface area contributed by atoms with E-state index in [9.17, 15) is 24.0 Å². The van der Waals surface area contributed by atoms with Crippen LogP contribution in [0.1, 0.15) is 111 Å². The molecule has 2 aromatic carbocycles. The predicted molar refractivity (Wildman–Crippen MR) is 226 cm³/mol. The van der Waals surface area contributed by atoms with Crippen molar-refractivity contribution in [1.82, 2.24) is 19.8 Å². The minimum absolute atomic E-state index is 0.124. The van der Waals surface area contributed by atoms with Gasteiger partial charge < -0.3 is 33.9 Å². The van der Waals surface area contributed by atoms with Crippen molar-refractivity contribution in [1.29, 1.82) is 0 Å². The van der Waals surface area contributed by atoms with Gasteiger partial charge in [-0.15, -0.1) is 0 Å². The molecule has 1 aliphatic heterocycles. The topological polar surface area (TPSA) is 165 Å². The molecule has 1 N–H and O–H groups in total. The third-order valence-electron chi connectivity index (χ3n) is 11.3. The molecular formula is C46H64N4O10. The zero-order valence-electron chi connectivity index (χ0n) is 36.8. The number of hydrogen-bond acceptors (Lipinski definition) is 11. The van der Waals surface area contributed by atoms with Crippen molar-refractivity contribution in [2.75, 3.05) is 40.5 Å². The number of benzene rings is 2. The Morgan fingerprint density at radius 1 is 0.917 bits per heavy atom. The first kappa shape index (κ1) is 47.3. The van der Waals surface area contributed by atoms with Gasteiger partial charge in [0.05, 0.1) is 27.4 Å². The molecule has 0 bridgehead atoms. The molecule has 1 saturated heterocycles. The lowest BCUT2D eigenvalue weighted by Gasteiger charge is -2.36. The van der Waals surface area contributed by atoms with E-state index in [2.05, 4.69) is 10.3 Å². The fourth-order valence-electron chi connectivity index (χ4n) is 7.45. The number of methoxy groups -OCH3 is 2. The summed E-state index contributed by atoms with van der Waals surface area (Å²) in [4.78, 5) is 71.5. The van der Waals surface area contributed by atoms with E-state index >= 15 is 0 Å². The molecule has 14 heteroatoms. The van der Waals surface area contributed by atoms with Crippen LogP contribution >= 0.6 is 0 Å². The summed E-state index contributed by atoms with van der Waals surface area (Å²) >= 11 is 0. The minimum Gasteiger partial charge on any atom is -0.493 e. The molecule has 328 valence electrons. The maximum atomic E-state index is 14.0. The maximum absolute atomic E-state index is 14.0. The van der Waals surface area contributed by atoms with Gasteiger partial charge in [-0.3, -0.25) is 14.4 Å². The van der Waals surface area contributed by atoms with Gasteiger partial charge in [0.2, 0.25) is 11.7 Å². The van der Waals surface area contributed by atoms with E-state index in [0.29, 0.717) is 74.3 Å². The number of aromatic nitrogens is 2. The Morgan fingerprint density at radius 2 is 1.67 bits per heavy atom. The summed E-state index contributed by atoms with van der Waals surface area (Å²) in [6.07, 6.45) is 7.58. The molecule has 2 amide bonds. The zero-order valence-corrected chi connectivity index (χ0v) is 36.8. The van der Waals surface area contributed by atoms with Crippen LogP contribution in [0.3, 0.4) is 0 Å². The van der Waals surface area contributed by atoms with Crippen molar-refractivity contribution in [3.05, 3.63) is 72.3 Å². The smallest absolute Gasteiger partial charge is 0.419 e. The van der Waals surface area contributed by atoms with E-state index in [1.54, 1.807) is 34.1 Å². The molecule has 4 rings (SSSR count). The quantitative estimate of drug-likeness (QED) is 0.0642. The second kappa shape index (κ2) is 21.2. The molecule has 60 heavy (non-hydrogen) atoms. The van der Waals surface area contributed by atoms with Crippen molar-refractivity contribution >= 4 is 29.7 Å². The Labute approximate surface area is 354 Å². The Hall–Kier alpha value is -5.40. The fraction of sp³-hybridized carbons (Fsp3) is 0.565. The highest BCUT2D eigenvalue weighted by Crippen LogP contribution is 2.37. The summed E-state index contributed by atoms with van der Waals surface area (Å²) in [6.45, 7) is 14.2. The number of likely N-dealkylation sites (tertiary alicyclic amines) is 1. The Bertz CT molecular complexity index is 1920. The number of ether oxygens (including phenoxy) is 5. The summed E-state index contributed by atoms with van der Waals surface area (Å²) in [5.74, 6) is -0.128. The van der Waals surface area contributed by atoms with Crippen LogP contribution in [0.25, 0.3) is 0 Å². The van der Waals surface area contributed by atoms with Gasteiger partial charge >= 0.3 is 12.1 Å².